The molecule has 0 aliphatic rings. The Kier molecular flexibility index (Phi) is 11.0. The first kappa shape index (κ1) is 23.5. The van der Waals surface area contributed by atoms with Gasteiger partial charge >= 0.3 is 0 Å². The molecular weight excluding hydrogens is 437 g/mol. The van der Waals surface area contributed by atoms with E-state index in [4.69, 9.17) is 4.74 Å². The summed E-state index contributed by atoms with van der Waals surface area (Å²) in [5.41, 5.74) is 3.44. The van der Waals surface area contributed by atoms with Crippen molar-refractivity contribution < 1.29 is 4.74 Å². The predicted octanol–water partition coefficient (Wildman–Crippen LogP) is 2.57. The van der Waals surface area contributed by atoms with Crippen molar-refractivity contribution in [2.75, 3.05) is 33.6 Å². The van der Waals surface area contributed by atoms with E-state index < -0.39 is 0 Å². The largest absolute Gasteiger partial charge is 0.383 e. The second kappa shape index (κ2) is 11.2. The number of nitrogens with zero attached hydrogens (tertiary/aromatic N) is 3. The van der Waals surface area contributed by atoms with Crippen molar-refractivity contribution in [2.24, 2.45) is 4.99 Å². The topological polar surface area (TPSA) is 63.5 Å². The van der Waals surface area contributed by atoms with E-state index in [1.165, 1.54) is 11.3 Å². The third kappa shape index (κ3) is 7.18. The van der Waals surface area contributed by atoms with Crippen molar-refractivity contribution in [2.45, 2.75) is 45.5 Å². The van der Waals surface area contributed by atoms with E-state index >= 15 is 0 Å². The molecule has 2 N–H and O–H groups in total. The number of aromatic nitrogens is 2. The lowest BCUT2D eigenvalue weighted by atomic mass is 10.2. The molecule has 0 spiro atoms. The molecule has 0 radical (unpaired) electrons. The number of nitrogens with one attached hydrogen (secondary N) is 2. The van der Waals surface area contributed by atoms with Gasteiger partial charge in [-0.1, -0.05) is 0 Å². The van der Waals surface area contributed by atoms with Crippen LogP contribution in [-0.4, -0.2) is 54.1 Å². The Morgan fingerprint density at radius 1 is 1.33 bits per heavy atom. The van der Waals surface area contributed by atoms with E-state index in [1.807, 2.05) is 23.4 Å². The Balaban J connectivity index is 0.00000529. The van der Waals surface area contributed by atoms with Crippen LogP contribution in [0.25, 0.3) is 0 Å². The highest BCUT2D eigenvalue weighted by molar-refractivity contribution is 14.0. The Morgan fingerprint density at radius 2 is 2.00 bits per heavy atom. The van der Waals surface area contributed by atoms with Crippen LogP contribution in [0.15, 0.2) is 4.99 Å². The number of halogens is 1. The summed E-state index contributed by atoms with van der Waals surface area (Å²) in [6.45, 7) is 11.6. The minimum atomic E-state index is 0. The third-order valence-corrected chi connectivity index (χ3v) is 5.18. The summed E-state index contributed by atoms with van der Waals surface area (Å²) in [6, 6.07) is 0. The Bertz CT molecular complexity index is 531. The summed E-state index contributed by atoms with van der Waals surface area (Å²) < 4.78 is 7.31. The summed E-state index contributed by atoms with van der Waals surface area (Å²) in [7, 11) is 3.50. The second-order valence-electron chi connectivity index (χ2n) is 6.11. The van der Waals surface area contributed by atoms with Gasteiger partial charge in [0.25, 0.3) is 0 Å². The monoisotopic (exact) mass is 469 g/mol. The molecule has 0 unspecified atom stereocenters. The van der Waals surface area contributed by atoms with Gasteiger partial charge in [-0.15, -0.1) is 24.0 Å². The quantitative estimate of drug-likeness (QED) is 0.348. The fraction of sp³-hybridized carbons (Fsp3) is 0.750. The molecule has 24 heavy (non-hydrogen) atoms. The number of hydrogen-bond acceptors (Lipinski definition) is 4. The van der Waals surface area contributed by atoms with Gasteiger partial charge in [-0.05, 0) is 34.0 Å². The zero-order valence-electron chi connectivity index (χ0n) is 15.9. The number of methoxy groups -OCH3 is 1. The molecule has 1 aromatic heterocycles. The van der Waals surface area contributed by atoms with Gasteiger partial charge in [-0.3, -0.25) is 9.67 Å². The molecule has 0 aliphatic carbocycles. The van der Waals surface area contributed by atoms with Crippen molar-refractivity contribution in [3.8, 4) is 0 Å². The fourth-order valence-electron chi connectivity index (χ4n) is 2.15. The first-order valence-electron chi connectivity index (χ1n) is 7.86. The molecule has 0 fully saturated rings. The van der Waals surface area contributed by atoms with Crippen LogP contribution in [-0.2, 0) is 17.8 Å². The van der Waals surface area contributed by atoms with Crippen LogP contribution >= 0.6 is 35.7 Å². The summed E-state index contributed by atoms with van der Waals surface area (Å²) >= 11 is 1.84. The van der Waals surface area contributed by atoms with Gasteiger partial charge in [0, 0.05) is 43.3 Å². The Labute approximate surface area is 167 Å². The first-order valence-corrected chi connectivity index (χ1v) is 9.08. The highest BCUT2D eigenvalue weighted by Gasteiger charge is 2.17. The molecule has 140 valence electrons. The van der Waals surface area contributed by atoms with Crippen LogP contribution in [0.4, 0.5) is 0 Å². The standard InChI is InChI=1S/C16H31N5OS.HI/c1-12-14(13(2)21(20-12)8-9-22-6)10-18-15(17-5)19-11-16(3,4)23-7;/h8-11H2,1-7H3,(H2,17,18,19);1H. The van der Waals surface area contributed by atoms with Crippen LogP contribution in [0.1, 0.15) is 30.8 Å². The third-order valence-electron chi connectivity index (χ3n) is 3.93. The van der Waals surface area contributed by atoms with E-state index in [9.17, 15) is 0 Å². The van der Waals surface area contributed by atoms with E-state index in [0.717, 1.165) is 24.7 Å². The SMILES string of the molecule is CN=C(NCc1c(C)nn(CCOC)c1C)NCC(C)(C)SC.I. The molecule has 0 atom stereocenters. The molecule has 6 nitrogen and oxygen atoms in total. The van der Waals surface area contributed by atoms with Gasteiger partial charge in [0.2, 0.25) is 0 Å². The maximum Gasteiger partial charge on any atom is 0.191 e. The molecule has 0 aliphatic heterocycles. The highest BCUT2D eigenvalue weighted by atomic mass is 127. The number of thioether (sulfide) groups is 1. The smallest absolute Gasteiger partial charge is 0.191 e. The van der Waals surface area contributed by atoms with Crippen molar-refractivity contribution in [1.29, 1.82) is 0 Å². The number of guanidine groups is 1. The average molecular weight is 469 g/mol. The normalized spacial score (nSPS) is 12.0. The Hall–Kier alpha value is -0.480. The molecule has 0 amide bonds. The summed E-state index contributed by atoms with van der Waals surface area (Å²) in [5, 5.41) is 11.3. The summed E-state index contributed by atoms with van der Waals surface area (Å²) in [4.78, 5) is 4.29. The van der Waals surface area contributed by atoms with Gasteiger partial charge in [-0.2, -0.15) is 16.9 Å². The van der Waals surface area contributed by atoms with Crippen LogP contribution < -0.4 is 10.6 Å². The number of aryl methyl sites for hydroxylation is 1. The molecule has 1 aromatic rings. The lowest BCUT2D eigenvalue weighted by Gasteiger charge is -2.23. The minimum Gasteiger partial charge on any atom is -0.383 e. The van der Waals surface area contributed by atoms with E-state index in [-0.39, 0.29) is 28.7 Å². The molecular formula is C16H32IN5OS. The molecule has 0 saturated carbocycles. The fourth-order valence-corrected chi connectivity index (χ4v) is 2.36. The van der Waals surface area contributed by atoms with Crippen molar-refractivity contribution in [1.82, 2.24) is 20.4 Å². The van der Waals surface area contributed by atoms with Crippen molar-refractivity contribution >= 4 is 41.7 Å². The maximum absolute atomic E-state index is 5.13. The zero-order chi connectivity index (χ0) is 17.5. The van der Waals surface area contributed by atoms with Crippen molar-refractivity contribution in [3.63, 3.8) is 0 Å². The van der Waals surface area contributed by atoms with Crippen molar-refractivity contribution in [3.05, 3.63) is 17.0 Å². The molecule has 0 saturated heterocycles. The zero-order valence-corrected chi connectivity index (χ0v) is 19.0. The maximum atomic E-state index is 5.13. The van der Waals surface area contributed by atoms with Gasteiger partial charge in [-0.25, -0.2) is 0 Å². The van der Waals surface area contributed by atoms with Gasteiger partial charge in [0.1, 0.15) is 0 Å². The Morgan fingerprint density at radius 3 is 2.54 bits per heavy atom. The van der Waals surface area contributed by atoms with Crippen LogP contribution in [0.2, 0.25) is 0 Å². The van der Waals surface area contributed by atoms with Crippen LogP contribution in [0, 0.1) is 13.8 Å². The van der Waals surface area contributed by atoms with Crippen LogP contribution in [0.3, 0.4) is 0 Å². The van der Waals surface area contributed by atoms with Gasteiger partial charge in [0.15, 0.2) is 5.96 Å². The van der Waals surface area contributed by atoms with Gasteiger partial charge in [0.05, 0.1) is 18.8 Å². The molecule has 8 heteroatoms. The molecule has 1 heterocycles. The number of hydrogen-bond donors (Lipinski definition) is 2. The molecule has 0 aromatic carbocycles. The summed E-state index contributed by atoms with van der Waals surface area (Å²) in [6.07, 6.45) is 2.12. The number of ether oxygens (including phenoxy) is 1. The lowest BCUT2D eigenvalue weighted by Crippen LogP contribution is -2.43. The number of aliphatic imine (C=N–C) groups is 1. The lowest BCUT2D eigenvalue weighted by molar-refractivity contribution is 0.182. The van der Waals surface area contributed by atoms with E-state index in [1.54, 1.807) is 14.2 Å². The van der Waals surface area contributed by atoms with Crippen LogP contribution in [0.5, 0.6) is 0 Å². The summed E-state index contributed by atoms with van der Waals surface area (Å²) in [5.74, 6) is 0.815. The second-order valence-corrected chi connectivity index (χ2v) is 7.62. The molecule has 0 bridgehead atoms. The highest BCUT2D eigenvalue weighted by Crippen LogP contribution is 2.19. The molecule has 1 rings (SSSR count). The first-order chi connectivity index (χ1) is 10.8. The average Bonchev–Trinajstić information content (AvgIpc) is 2.80. The van der Waals surface area contributed by atoms with E-state index in [2.05, 4.69) is 47.8 Å². The van der Waals surface area contributed by atoms with E-state index in [0.29, 0.717) is 13.2 Å². The number of rotatable bonds is 8. The minimum absolute atomic E-state index is 0. The van der Waals surface area contributed by atoms with Gasteiger partial charge < -0.3 is 15.4 Å². The predicted molar refractivity (Wildman–Crippen MR) is 115 cm³/mol.